The van der Waals surface area contributed by atoms with Gasteiger partial charge in [-0.05, 0) is 50.5 Å². The van der Waals surface area contributed by atoms with Crippen LogP contribution in [0.4, 0.5) is 0 Å². The van der Waals surface area contributed by atoms with Crippen LogP contribution in [0.1, 0.15) is 56.9 Å². The summed E-state index contributed by atoms with van der Waals surface area (Å²) >= 11 is 0. The highest BCUT2D eigenvalue weighted by Crippen LogP contribution is 2.38. The number of amides is 2. The van der Waals surface area contributed by atoms with Gasteiger partial charge in [-0.3, -0.25) is 14.5 Å². The molecule has 1 aromatic carbocycles. The second-order valence-electron chi connectivity index (χ2n) is 10.9. The van der Waals surface area contributed by atoms with Crippen molar-refractivity contribution in [2.45, 2.75) is 76.0 Å². The van der Waals surface area contributed by atoms with E-state index in [9.17, 15) is 9.59 Å². The summed E-state index contributed by atoms with van der Waals surface area (Å²) in [5.41, 5.74) is 1.02. The van der Waals surface area contributed by atoms with Crippen molar-refractivity contribution in [3.63, 3.8) is 0 Å². The van der Waals surface area contributed by atoms with Crippen molar-refractivity contribution in [2.24, 2.45) is 11.8 Å². The number of benzene rings is 1. The maximum absolute atomic E-state index is 14.3. The number of likely N-dealkylation sites (tertiary alicyclic amines) is 1. The first kappa shape index (κ1) is 25.3. The minimum Gasteiger partial charge on any atom is -0.497 e. The number of carbonyl (C=O) groups is 2. The van der Waals surface area contributed by atoms with E-state index in [1.165, 1.54) is 25.7 Å². The normalized spacial score (nSPS) is 25.0. The van der Waals surface area contributed by atoms with Gasteiger partial charge >= 0.3 is 0 Å². The summed E-state index contributed by atoms with van der Waals surface area (Å²) in [5.74, 6) is 2.19. The highest BCUT2D eigenvalue weighted by molar-refractivity contribution is 5.85. The SMILES string of the molecule is COc1ccc(CN(C2CC2)[C@H](CNC(=O)C2COC2)C(=O)N2CCC[C@H]3CCCC[C@@H]32)c(OC)c1. The van der Waals surface area contributed by atoms with Crippen molar-refractivity contribution in [3.05, 3.63) is 23.8 Å². The van der Waals surface area contributed by atoms with Crippen LogP contribution < -0.4 is 14.8 Å². The summed E-state index contributed by atoms with van der Waals surface area (Å²) in [6.07, 6.45) is 9.24. The first-order chi connectivity index (χ1) is 17.6. The molecule has 0 radical (unpaired) electrons. The van der Waals surface area contributed by atoms with Crippen molar-refractivity contribution >= 4 is 11.8 Å². The van der Waals surface area contributed by atoms with Gasteiger partial charge in [0.15, 0.2) is 0 Å². The Morgan fingerprint density at radius 2 is 1.86 bits per heavy atom. The molecule has 8 heteroatoms. The van der Waals surface area contributed by atoms with Crippen LogP contribution in [0, 0.1) is 11.8 Å². The molecule has 2 saturated heterocycles. The number of carbonyl (C=O) groups excluding carboxylic acids is 2. The van der Waals surface area contributed by atoms with Crippen molar-refractivity contribution in [1.82, 2.24) is 15.1 Å². The molecule has 5 rings (SSSR count). The first-order valence-corrected chi connectivity index (χ1v) is 13.7. The highest BCUT2D eigenvalue weighted by atomic mass is 16.5. The molecule has 2 aliphatic heterocycles. The number of piperidine rings is 1. The Labute approximate surface area is 214 Å². The molecule has 1 N–H and O–H groups in total. The quantitative estimate of drug-likeness (QED) is 0.533. The second-order valence-corrected chi connectivity index (χ2v) is 10.9. The molecule has 0 unspecified atom stereocenters. The summed E-state index contributed by atoms with van der Waals surface area (Å²) in [6, 6.07) is 6.14. The van der Waals surface area contributed by atoms with E-state index in [4.69, 9.17) is 14.2 Å². The molecule has 0 aromatic heterocycles. The van der Waals surface area contributed by atoms with Crippen LogP contribution in [0.15, 0.2) is 18.2 Å². The smallest absolute Gasteiger partial charge is 0.242 e. The van der Waals surface area contributed by atoms with Crippen LogP contribution in [0.2, 0.25) is 0 Å². The molecule has 2 aliphatic carbocycles. The fraction of sp³-hybridized carbons (Fsp3) is 0.714. The molecule has 0 bridgehead atoms. The molecule has 2 amide bonds. The van der Waals surface area contributed by atoms with Crippen LogP contribution in [0.25, 0.3) is 0 Å². The third kappa shape index (κ3) is 5.49. The van der Waals surface area contributed by atoms with Crippen molar-refractivity contribution in [1.29, 1.82) is 0 Å². The van der Waals surface area contributed by atoms with Crippen molar-refractivity contribution in [2.75, 3.05) is 40.5 Å². The minimum absolute atomic E-state index is 0.00832. The van der Waals surface area contributed by atoms with Gasteiger partial charge in [-0.25, -0.2) is 0 Å². The van der Waals surface area contributed by atoms with Gasteiger partial charge in [-0.1, -0.05) is 18.9 Å². The van der Waals surface area contributed by atoms with Crippen LogP contribution in [-0.4, -0.2) is 80.3 Å². The number of ether oxygens (including phenoxy) is 3. The largest absolute Gasteiger partial charge is 0.497 e. The Kier molecular flexibility index (Phi) is 8.01. The summed E-state index contributed by atoms with van der Waals surface area (Å²) in [6.45, 7) is 2.69. The van der Waals surface area contributed by atoms with E-state index in [1.54, 1.807) is 14.2 Å². The van der Waals surface area contributed by atoms with Gasteiger partial charge in [0.25, 0.3) is 0 Å². The third-order valence-electron chi connectivity index (χ3n) is 8.55. The number of methoxy groups -OCH3 is 2. The number of nitrogens with one attached hydrogen (secondary N) is 1. The number of fused-ring (bicyclic) bond motifs is 1. The number of rotatable bonds is 10. The van der Waals surface area contributed by atoms with E-state index in [-0.39, 0.29) is 17.7 Å². The van der Waals surface area contributed by atoms with E-state index < -0.39 is 6.04 Å². The lowest BCUT2D eigenvalue weighted by Crippen LogP contribution is -2.59. The molecule has 198 valence electrons. The summed E-state index contributed by atoms with van der Waals surface area (Å²) in [5, 5.41) is 3.11. The Bertz CT molecular complexity index is 930. The van der Waals surface area contributed by atoms with E-state index in [1.807, 2.05) is 18.2 Å². The van der Waals surface area contributed by atoms with Crippen LogP contribution in [0.5, 0.6) is 11.5 Å². The number of nitrogens with zero attached hydrogens (tertiary/aromatic N) is 2. The number of hydrogen-bond acceptors (Lipinski definition) is 6. The predicted octanol–water partition coefficient (Wildman–Crippen LogP) is 2.98. The van der Waals surface area contributed by atoms with Crippen LogP contribution >= 0.6 is 0 Å². The fourth-order valence-electron chi connectivity index (χ4n) is 6.24. The molecule has 3 atom stereocenters. The highest BCUT2D eigenvalue weighted by Gasteiger charge is 2.43. The van der Waals surface area contributed by atoms with Gasteiger partial charge in [-0.2, -0.15) is 0 Å². The summed E-state index contributed by atoms with van der Waals surface area (Å²) in [7, 11) is 3.31. The summed E-state index contributed by atoms with van der Waals surface area (Å²) < 4.78 is 16.3. The van der Waals surface area contributed by atoms with E-state index >= 15 is 0 Å². The van der Waals surface area contributed by atoms with E-state index in [0.717, 1.165) is 49.3 Å². The third-order valence-corrected chi connectivity index (χ3v) is 8.55. The second kappa shape index (κ2) is 11.4. The van der Waals surface area contributed by atoms with Crippen molar-refractivity contribution < 1.29 is 23.8 Å². The molecule has 0 spiro atoms. The first-order valence-electron chi connectivity index (χ1n) is 13.7. The topological polar surface area (TPSA) is 80.3 Å². The number of hydrogen-bond donors (Lipinski definition) is 1. The zero-order valence-electron chi connectivity index (χ0n) is 21.7. The molecule has 36 heavy (non-hydrogen) atoms. The van der Waals surface area contributed by atoms with Gasteiger partial charge < -0.3 is 24.4 Å². The lowest BCUT2D eigenvalue weighted by atomic mass is 9.78. The fourth-order valence-corrected chi connectivity index (χ4v) is 6.24. The van der Waals surface area contributed by atoms with Gasteiger partial charge in [0.1, 0.15) is 17.5 Å². The lowest BCUT2D eigenvalue weighted by molar-refractivity contribution is -0.145. The monoisotopic (exact) mass is 499 g/mol. The average Bonchev–Trinajstić information content (AvgIpc) is 3.72. The van der Waals surface area contributed by atoms with Gasteiger partial charge in [0, 0.05) is 43.3 Å². The zero-order chi connectivity index (χ0) is 25.1. The molecular formula is C28H41N3O5. The minimum atomic E-state index is -0.394. The lowest BCUT2D eigenvalue weighted by Gasteiger charge is -2.46. The van der Waals surface area contributed by atoms with E-state index in [0.29, 0.717) is 44.3 Å². The van der Waals surface area contributed by atoms with Crippen LogP contribution in [0.3, 0.4) is 0 Å². The van der Waals surface area contributed by atoms with Crippen LogP contribution in [-0.2, 0) is 20.9 Å². The molecule has 2 saturated carbocycles. The molecule has 4 aliphatic rings. The van der Waals surface area contributed by atoms with Gasteiger partial charge in [0.05, 0.1) is 33.4 Å². The Morgan fingerprint density at radius 3 is 2.56 bits per heavy atom. The average molecular weight is 500 g/mol. The van der Waals surface area contributed by atoms with Gasteiger partial charge in [0.2, 0.25) is 11.8 Å². The Hall–Kier alpha value is -2.32. The molecule has 8 nitrogen and oxygen atoms in total. The molecule has 4 fully saturated rings. The van der Waals surface area contributed by atoms with E-state index in [2.05, 4.69) is 15.1 Å². The summed E-state index contributed by atoms with van der Waals surface area (Å²) in [4.78, 5) is 31.5. The Balaban J connectivity index is 1.39. The zero-order valence-corrected chi connectivity index (χ0v) is 21.7. The van der Waals surface area contributed by atoms with Crippen molar-refractivity contribution in [3.8, 4) is 11.5 Å². The van der Waals surface area contributed by atoms with Gasteiger partial charge in [-0.15, -0.1) is 0 Å². The Morgan fingerprint density at radius 1 is 1.08 bits per heavy atom. The molecule has 1 aromatic rings. The predicted molar refractivity (Wildman–Crippen MR) is 136 cm³/mol. The maximum Gasteiger partial charge on any atom is 0.242 e. The standard InChI is InChI=1S/C28H41N3O5/c1-34-23-12-9-20(26(14-23)35-2)16-31(22-10-11-22)25(15-29-27(32)21-17-36-18-21)28(33)30-13-5-7-19-6-3-4-8-24(19)30/h9,12,14,19,21-22,24-25H,3-8,10-11,13,15-18H2,1-2H3,(H,29,32)/t19-,24+,25-/m1/s1. The maximum atomic E-state index is 14.3. The molecule has 2 heterocycles. The molecular weight excluding hydrogens is 458 g/mol.